The number of thiazole rings is 1. The number of carbonyl (C=O) groups excluding carboxylic acids is 2. The van der Waals surface area contributed by atoms with Gasteiger partial charge in [-0.25, -0.2) is 9.97 Å². The van der Waals surface area contributed by atoms with Crippen LogP contribution < -0.4 is 0 Å². The van der Waals surface area contributed by atoms with Gasteiger partial charge < -0.3 is 14.2 Å². The number of aromatic nitrogens is 4. The number of hydrogen-bond donors (Lipinski definition) is 0. The van der Waals surface area contributed by atoms with E-state index >= 15 is 0 Å². The minimum atomic E-state index is -0.445. The molecule has 0 saturated carbocycles. The number of cyclic esters (lactones) is 1. The summed E-state index contributed by atoms with van der Waals surface area (Å²) in [6.07, 6.45) is 11.4. The summed E-state index contributed by atoms with van der Waals surface area (Å²) < 4.78 is 9.52. The fourth-order valence-corrected chi connectivity index (χ4v) is 5.01. The van der Waals surface area contributed by atoms with Crippen LogP contribution in [0.4, 0.5) is 0 Å². The Morgan fingerprint density at radius 2 is 2.18 bits per heavy atom. The van der Waals surface area contributed by atoms with Gasteiger partial charge in [-0.1, -0.05) is 0 Å². The number of ether oxygens (including phenoxy) is 1. The number of rotatable bonds is 4. The lowest BCUT2D eigenvalue weighted by Gasteiger charge is -2.36. The van der Waals surface area contributed by atoms with E-state index in [2.05, 4.69) is 9.97 Å². The van der Waals surface area contributed by atoms with Crippen LogP contribution in [-0.2, 0) is 27.3 Å². The van der Waals surface area contributed by atoms with Crippen LogP contribution in [0.1, 0.15) is 25.0 Å². The van der Waals surface area contributed by atoms with E-state index in [4.69, 9.17) is 4.74 Å². The van der Waals surface area contributed by atoms with Gasteiger partial charge in [0.25, 0.3) is 0 Å². The van der Waals surface area contributed by atoms with E-state index in [9.17, 15) is 9.59 Å². The van der Waals surface area contributed by atoms with E-state index in [1.807, 2.05) is 37.8 Å². The molecule has 28 heavy (non-hydrogen) atoms. The second-order valence-corrected chi connectivity index (χ2v) is 8.53. The minimum Gasteiger partial charge on any atom is -0.460 e. The molecule has 1 atom stereocenters. The monoisotopic (exact) mass is 399 g/mol. The van der Waals surface area contributed by atoms with Crippen LogP contribution in [0.25, 0.3) is 4.96 Å². The molecule has 0 aliphatic carbocycles. The molecular formula is C19H21N5O3S. The Balaban J connectivity index is 1.19. The molecule has 3 aromatic heterocycles. The number of piperidine rings is 1. The smallest absolute Gasteiger partial charge is 0.312 e. The first-order chi connectivity index (χ1) is 13.6. The molecule has 2 aliphatic rings. The first-order valence-corrected chi connectivity index (χ1v) is 10.3. The number of carbonyl (C=O) groups is 2. The zero-order valence-electron chi connectivity index (χ0n) is 15.4. The normalized spacial score (nSPS) is 21.5. The molecule has 0 N–H and O–H groups in total. The maximum Gasteiger partial charge on any atom is 0.312 e. The lowest BCUT2D eigenvalue weighted by Crippen LogP contribution is -2.45. The van der Waals surface area contributed by atoms with Gasteiger partial charge in [0, 0.05) is 49.7 Å². The van der Waals surface area contributed by atoms with Crippen molar-refractivity contribution in [2.45, 2.75) is 38.3 Å². The van der Waals surface area contributed by atoms with E-state index in [1.54, 1.807) is 23.9 Å². The molecule has 5 rings (SSSR count). The molecule has 8 nitrogen and oxygen atoms in total. The number of amides is 1. The van der Waals surface area contributed by atoms with Crippen molar-refractivity contribution in [2.75, 3.05) is 13.1 Å². The fraction of sp³-hybridized carbons (Fsp3) is 0.474. The third kappa shape index (κ3) is 3.09. The van der Waals surface area contributed by atoms with Gasteiger partial charge >= 0.3 is 5.97 Å². The second-order valence-electron chi connectivity index (χ2n) is 7.65. The maximum absolute atomic E-state index is 12.7. The molecular weight excluding hydrogens is 378 g/mol. The van der Waals surface area contributed by atoms with E-state index in [1.165, 1.54) is 0 Å². The topological polar surface area (TPSA) is 81.7 Å². The molecule has 3 aromatic rings. The van der Waals surface area contributed by atoms with Gasteiger partial charge in [0.05, 0.1) is 30.4 Å². The molecule has 2 saturated heterocycles. The summed E-state index contributed by atoms with van der Waals surface area (Å²) in [5.41, 5.74) is 0.344. The summed E-state index contributed by atoms with van der Waals surface area (Å²) in [7, 11) is 0. The largest absolute Gasteiger partial charge is 0.460 e. The highest BCUT2D eigenvalue weighted by atomic mass is 32.1. The van der Waals surface area contributed by atoms with Gasteiger partial charge in [0.15, 0.2) is 4.96 Å². The Labute approximate surface area is 165 Å². The van der Waals surface area contributed by atoms with Crippen molar-refractivity contribution in [2.24, 2.45) is 5.41 Å². The molecule has 146 valence electrons. The molecule has 1 amide bonds. The van der Waals surface area contributed by atoms with E-state index < -0.39 is 5.41 Å². The number of nitrogens with zero attached hydrogens (tertiary/aromatic N) is 5. The van der Waals surface area contributed by atoms with Gasteiger partial charge in [-0.05, 0) is 12.8 Å². The predicted molar refractivity (Wildman–Crippen MR) is 102 cm³/mol. The van der Waals surface area contributed by atoms with E-state index in [-0.39, 0.29) is 18.0 Å². The van der Waals surface area contributed by atoms with E-state index in [0.717, 1.165) is 10.7 Å². The lowest BCUT2D eigenvalue weighted by atomic mass is 9.76. The highest BCUT2D eigenvalue weighted by Gasteiger charge is 2.50. The zero-order valence-corrected chi connectivity index (χ0v) is 16.2. The van der Waals surface area contributed by atoms with Crippen LogP contribution in [0.15, 0.2) is 36.5 Å². The summed E-state index contributed by atoms with van der Waals surface area (Å²) in [6.45, 7) is 1.81. The summed E-state index contributed by atoms with van der Waals surface area (Å²) in [5.74, 6) is -0.0408. The predicted octanol–water partition coefficient (Wildman–Crippen LogP) is 1.76. The molecule has 2 aliphatic heterocycles. The average molecular weight is 399 g/mol. The summed E-state index contributed by atoms with van der Waals surface area (Å²) in [6, 6.07) is 0. The molecule has 2 fully saturated rings. The van der Waals surface area contributed by atoms with Gasteiger partial charge in [0.1, 0.15) is 6.10 Å². The van der Waals surface area contributed by atoms with Crippen molar-refractivity contribution >= 4 is 28.2 Å². The first kappa shape index (κ1) is 17.4. The van der Waals surface area contributed by atoms with Gasteiger partial charge in [-0.3, -0.25) is 14.0 Å². The van der Waals surface area contributed by atoms with Crippen LogP contribution in [0.3, 0.4) is 0 Å². The van der Waals surface area contributed by atoms with Gasteiger partial charge in [-0.2, -0.15) is 0 Å². The van der Waals surface area contributed by atoms with Crippen molar-refractivity contribution in [3.63, 3.8) is 0 Å². The quantitative estimate of drug-likeness (QED) is 0.625. The standard InChI is InChI=1S/C19H21N5O3S/c25-16(9-14-11-24-7-8-28-18(24)21-14)23-4-1-19(2-5-23)10-15(27-17(19)26)12-22-6-3-20-13-22/h3,6-8,11,13,15H,1-2,4-5,9-10,12H2. The molecule has 1 unspecified atom stereocenters. The Morgan fingerprint density at radius 3 is 2.93 bits per heavy atom. The molecule has 5 heterocycles. The Kier molecular flexibility index (Phi) is 4.19. The third-order valence-corrected chi connectivity index (χ3v) is 6.62. The molecule has 0 aromatic carbocycles. The van der Waals surface area contributed by atoms with Crippen molar-refractivity contribution in [1.29, 1.82) is 0 Å². The molecule has 9 heteroatoms. The van der Waals surface area contributed by atoms with Crippen LogP contribution in [-0.4, -0.2) is 54.9 Å². The van der Waals surface area contributed by atoms with Crippen molar-refractivity contribution in [3.8, 4) is 0 Å². The molecule has 0 bridgehead atoms. The SMILES string of the molecule is O=C(Cc1cn2ccsc2n1)N1CCC2(CC1)CC(Cn1ccnc1)OC2=O. The summed E-state index contributed by atoms with van der Waals surface area (Å²) >= 11 is 1.55. The van der Waals surface area contributed by atoms with Crippen molar-refractivity contribution in [1.82, 2.24) is 23.8 Å². The fourth-order valence-electron chi connectivity index (χ4n) is 4.29. The minimum absolute atomic E-state index is 0.0712. The van der Waals surface area contributed by atoms with Crippen molar-refractivity contribution in [3.05, 3.63) is 42.2 Å². The van der Waals surface area contributed by atoms with Gasteiger partial charge in [0.2, 0.25) is 5.91 Å². The van der Waals surface area contributed by atoms with Crippen LogP contribution >= 0.6 is 11.3 Å². The number of imidazole rings is 2. The summed E-state index contributed by atoms with van der Waals surface area (Å²) in [5, 5.41) is 1.97. The zero-order chi connectivity index (χ0) is 19.1. The van der Waals surface area contributed by atoms with Crippen LogP contribution in [0.5, 0.6) is 0 Å². The lowest BCUT2D eigenvalue weighted by molar-refractivity contribution is -0.152. The molecule has 0 radical (unpaired) electrons. The highest BCUT2D eigenvalue weighted by molar-refractivity contribution is 7.15. The Hall–Kier alpha value is -2.68. The number of hydrogen-bond acceptors (Lipinski definition) is 6. The number of fused-ring (bicyclic) bond motifs is 1. The summed E-state index contributed by atoms with van der Waals surface area (Å²) in [4.78, 5) is 36.5. The Bertz CT molecular complexity index is 972. The first-order valence-electron chi connectivity index (χ1n) is 9.47. The van der Waals surface area contributed by atoms with Crippen LogP contribution in [0, 0.1) is 5.41 Å². The Morgan fingerprint density at radius 1 is 1.32 bits per heavy atom. The van der Waals surface area contributed by atoms with Gasteiger partial charge in [-0.15, -0.1) is 11.3 Å². The number of esters is 1. The maximum atomic E-state index is 12.7. The number of likely N-dealkylation sites (tertiary alicyclic amines) is 1. The molecule has 1 spiro atoms. The van der Waals surface area contributed by atoms with E-state index in [0.29, 0.717) is 45.3 Å². The van der Waals surface area contributed by atoms with Crippen LogP contribution in [0.2, 0.25) is 0 Å². The van der Waals surface area contributed by atoms with Crippen molar-refractivity contribution < 1.29 is 14.3 Å². The average Bonchev–Trinajstić information content (AvgIpc) is 3.43. The third-order valence-electron chi connectivity index (χ3n) is 5.85. The second kappa shape index (κ2) is 6.73. The highest BCUT2D eigenvalue weighted by Crippen LogP contribution is 2.43.